The molecule has 6 nitrogen and oxygen atoms in total. The maximum Gasteiger partial charge on any atom is 0.269 e. The third-order valence-electron chi connectivity index (χ3n) is 3.32. The molecule has 0 fully saturated rings. The summed E-state index contributed by atoms with van der Waals surface area (Å²) in [7, 11) is 0. The van der Waals surface area contributed by atoms with E-state index in [0.717, 1.165) is 5.56 Å². The zero-order chi connectivity index (χ0) is 17.4. The quantitative estimate of drug-likeness (QED) is 0.732. The molecule has 0 radical (unpaired) electrons. The van der Waals surface area contributed by atoms with Crippen LogP contribution in [0.4, 0.5) is 0 Å². The van der Waals surface area contributed by atoms with Gasteiger partial charge in [-0.25, -0.2) is 0 Å². The van der Waals surface area contributed by atoms with Crippen LogP contribution in [0.25, 0.3) is 0 Å². The molecule has 0 aromatic heterocycles. The zero-order valence-corrected chi connectivity index (χ0v) is 13.3. The lowest BCUT2D eigenvalue weighted by Crippen LogP contribution is -2.43. The van der Waals surface area contributed by atoms with Crippen molar-refractivity contribution in [1.29, 1.82) is 0 Å². The zero-order valence-electron chi connectivity index (χ0n) is 13.3. The Morgan fingerprint density at radius 1 is 0.875 bits per heavy atom. The molecule has 24 heavy (non-hydrogen) atoms. The second-order valence-corrected chi connectivity index (χ2v) is 5.24. The fraction of sp³-hybridized carbons (Fsp3) is 0.167. The standard InChI is InChI=1S/C18H19N3O3/c1-13(22)19-16(14-8-4-2-5-9-14)12-17(23)20-21-18(24)15-10-6-3-7-11-15/h2-11,16H,12H2,1H3,(H,19,22)(H,20,23)(H,21,24). The first kappa shape index (κ1) is 17.2. The second-order valence-electron chi connectivity index (χ2n) is 5.24. The fourth-order valence-corrected chi connectivity index (χ4v) is 2.21. The molecule has 6 heteroatoms. The molecule has 0 saturated heterocycles. The molecule has 0 aliphatic rings. The van der Waals surface area contributed by atoms with Crippen LogP contribution in [0.15, 0.2) is 60.7 Å². The first-order chi connectivity index (χ1) is 11.6. The maximum absolute atomic E-state index is 12.1. The number of amides is 3. The van der Waals surface area contributed by atoms with Crippen LogP contribution in [-0.2, 0) is 9.59 Å². The second kappa shape index (κ2) is 8.47. The van der Waals surface area contributed by atoms with Gasteiger partial charge in [0.2, 0.25) is 11.8 Å². The van der Waals surface area contributed by atoms with Gasteiger partial charge in [-0.05, 0) is 17.7 Å². The van der Waals surface area contributed by atoms with Gasteiger partial charge in [0.05, 0.1) is 12.5 Å². The molecule has 0 heterocycles. The largest absolute Gasteiger partial charge is 0.349 e. The lowest BCUT2D eigenvalue weighted by atomic mass is 10.0. The van der Waals surface area contributed by atoms with Crippen LogP contribution in [0.2, 0.25) is 0 Å². The molecule has 0 aliphatic heterocycles. The van der Waals surface area contributed by atoms with Crippen molar-refractivity contribution in [1.82, 2.24) is 16.2 Å². The number of carbonyl (C=O) groups excluding carboxylic acids is 3. The lowest BCUT2D eigenvalue weighted by molar-refractivity contribution is -0.123. The molecule has 2 aromatic carbocycles. The Morgan fingerprint density at radius 3 is 2.04 bits per heavy atom. The van der Waals surface area contributed by atoms with Gasteiger partial charge in [-0.15, -0.1) is 0 Å². The van der Waals surface area contributed by atoms with Crippen LogP contribution in [-0.4, -0.2) is 17.7 Å². The highest BCUT2D eigenvalue weighted by Gasteiger charge is 2.17. The van der Waals surface area contributed by atoms with Gasteiger partial charge in [0.25, 0.3) is 5.91 Å². The normalized spacial score (nSPS) is 11.2. The van der Waals surface area contributed by atoms with E-state index in [1.165, 1.54) is 6.92 Å². The van der Waals surface area contributed by atoms with Crippen molar-refractivity contribution in [2.75, 3.05) is 0 Å². The molecule has 2 aromatic rings. The summed E-state index contributed by atoms with van der Waals surface area (Å²) in [4.78, 5) is 35.3. The van der Waals surface area contributed by atoms with E-state index in [1.54, 1.807) is 30.3 Å². The monoisotopic (exact) mass is 325 g/mol. The smallest absolute Gasteiger partial charge is 0.269 e. The minimum Gasteiger partial charge on any atom is -0.349 e. The van der Waals surface area contributed by atoms with Crippen LogP contribution < -0.4 is 16.2 Å². The molecule has 0 spiro atoms. The topological polar surface area (TPSA) is 87.3 Å². The molecule has 3 amide bonds. The average molecular weight is 325 g/mol. The predicted molar refractivity (Wildman–Crippen MR) is 89.7 cm³/mol. The van der Waals surface area contributed by atoms with E-state index in [9.17, 15) is 14.4 Å². The van der Waals surface area contributed by atoms with Crippen molar-refractivity contribution >= 4 is 17.7 Å². The Balaban J connectivity index is 1.93. The van der Waals surface area contributed by atoms with E-state index in [0.29, 0.717) is 5.56 Å². The van der Waals surface area contributed by atoms with Crippen LogP contribution in [0.3, 0.4) is 0 Å². The highest BCUT2D eigenvalue weighted by molar-refractivity contribution is 5.95. The van der Waals surface area contributed by atoms with E-state index in [2.05, 4.69) is 16.2 Å². The summed E-state index contributed by atoms with van der Waals surface area (Å²) in [5, 5.41) is 2.73. The Kier molecular flexibility index (Phi) is 6.08. The number of hydrogen-bond acceptors (Lipinski definition) is 3. The van der Waals surface area contributed by atoms with E-state index in [-0.39, 0.29) is 12.3 Å². The van der Waals surface area contributed by atoms with Crippen molar-refractivity contribution in [2.45, 2.75) is 19.4 Å². The third kappa shape index (κ3) is 5.24. The van der Waals surface area contributed by atoms with Gasteiger partial charge in [0.1, 0.15) is 0 Å². The predicted octanol–water partition coefficient (Wildman–Crippen LogP) is 1.72. The number of nitrogens with one attached hydrogen (secondary N) is 3. The molecule has 124 valence electrons. The van der Waals surface area contributed by atoms with Gasteiger partial charge in [-0.2, -0.15) is 0 Å². The van der Waals surface area contributed by atoms with Gasteiger partial charge < -0.3 is 5.32 Å². The van der Waals surface area contributed by atoms with Gasteiger partial charge in [-0.1, -0.05) is 48.5 Å². The van der Waals surface area contributed by atoms with E-state index in [4.69, 9.17) is 0 Å². The third-order valence-corrected chi connectivity index (χ3v) is 3.32. The molecule has 2 rings (SSSR count). The van der Waals surface area contributed by atoms with E-state index < -0.39 is 17.9 Å². The van der Waals surface area contributed by atoms with E-state index >= 15 is 0 Å². The minimum absolute atomic E-state index is 0.0126. The van der Waals surface area contributed by atoms with Crippen LogP contribution >= 0.6 is 0 Å². The first-order valence-corrected chi connectivity index (χ1v) is 7.52. The molecular weight excluding hydrogens is 306 g/mol. The SMILES string of the molecule is CC(=O)NC(CC(=O)NNC(=O)c1ccccc1)c1ccccc1. The van der Waals surface area contributed by atoms with E-state index in [1.807, 2.05) is 30.3 Å². The summed E-state index contributed by atoms with van der Waals surface area (Å²) in [6.45, 7) is 1.39. The lowest BCUT2D eigenvalue weighted by Gasteiger charge is -2.18. The first-order valence-electron chi connectivity index (χ1n) is 7.52. The maximum atomic E-state index is 12.1. The average Bonchev–Trinajstić information content (AvgIpc) is 2.60. The molecule has 1 atom stereocenters. The number of hydrazine groups is 1. The van der Waals surface area contributed by atoms with Crippen LogP contribution in [0, 0.1) is 0 Å². The Bertz CT molecular complexity index is 702. The minimum atomic E-state index is -0.461. The summed E-state index contributed by atoms with van der Waals surface area (Å²) in [5.41, 5.74) is 5.98. The number of rotatable bonds is 5. The number of benzene rings is 2. The number of carbonyl (C=O) groups is 3. The summed E-state index contributed by atoms with van der Waals surface area (Å²) in [6.07, 6.45) is 0.0126. The summed E-state index contributed by atoms with van der Waals surface area (Å²) >= 11 is 0. The highest BCUT2D eigenvalue weighted by Crippen LogP contribution is 2.16. The highest BCUT2D eigenvalue weighted by atomic mass is 16.2. The fourth-order valence-electron chi connectivity index (χ4n) is 2.21. The Morgan fingerprint density at radius 2 is 1.46 bits per heavy atom. The summed E-state index contributed by atoms with van der Waals surface area (Å²) in [5.74, 6) is -1.04. The van der Waals surface area contributed by atoms with Crippen molar-refractivity contribution < 1.29 is 14.4 Å². The van der Waals surface area contributed by atoms with Gasteiger partial charge >= 0.3 is 0 Å². The van der Waals surface area contributed by atoms with Gasteiger partial charge in [0.15, 0.2) is 0 Å². The molecule has 0 aliphatic carbocycles. The van der Waals surface area contributed by atoms with Crippen molar-refractivity contribution in [3.63, 3.8) is 0 Å². The molecule has 0 bridgehead atoms. The molecule has 3 N–H and O–H groups in total. The Labute approximate surface area is 140 Å². The van der Waals surface area contributed by atoms with Crippen LogP contribution in [0.1, 0.15) is 35.3 Å². The van der Waals surface area contributed by atoms with Crippen molar-refractivity contribution in [3.05, 3.63) is 71.8 Å². The Hall–Kier alpha value is -3.15. The van der Waals surface area contributed by atoms with Crippen molar-refractivity contribution in [3.8, 4) is 0 Å². The molecule has 1 unspecified atom stereocenters. The summed E-state index contributed by atoms with van der Waals surface area (Å²) in [6, 6.07) is 17.3. The van der Waals surface area contributed by atoms with Crippen molar-refractivity contribution in [2.24, 2.45) is 0 Å². The van der Waals surface area contributed by atoms with Gasteiger partial charge in [0, 0.05) is 12.5 Å². The molecule has 0 saturated carbocycles. The van der Waals surface area contributed by atoms with Gasteiger partial charge in [-0.3, -0.25) is 25.2 Å². The molecular formula is C18H19N3O3. The van der Waals surface area contributed by atoms with Crippen LogP contribution in [0.5, 0.6) is 0 Å². The number of hydrogen-bond donors (Lipinski definition) is 3. The summed E-state index contributed by atoms with van der Waals surface area (Å²) < 4.78 is 0.